The minimum absolute atomic E-state index is 0.238. The zero-order valence-electron chi connectivity index (χ0n) is 14.6. The monoisotopic (exact) mass is 338 g/mol. The smallest absolute Gasteiger partial charge is 0.324 e. The summed E-state index contributed by atoms with van der Waals surface area (Å²) in [6.45, 7) is 3.96. The van der Waals surface area contributed by atoms with Gasteiger partial charge >= 0.3 is 11.9 Å². The zero-order chi connectivity index (χ0) is 17.9. The van der Waals surface area contributed by atoms with Crippen molar-refractivity contribution in [3.8, 4) is 11.1 Å². The molecule has 1 aliphatic rings. The molecular formula is C21H22O4. The maximum atomic E-state index is 12.7. The minimum atomic E-state index is -1.28. The summed E-state index contributed by atoms with van der Waals surface area (Å²) in [5.74, 6) is -0.993. The van der Waals surface area contributed by atoms with Gasteiger partial charge in [0.05, 0.1) is 13.2 Å². The Morgan fingerprint density at radius 1 is 0.880 bits per heavy atom. The van der Waals surface area contributed by atoms with Crippen molar-refractivity contribution < 1.29 is 19.1 Å². The van der Waals surface area contributed by atoms with E-state index in [1.165, 1.54) is 0 Å². The van der Waals surface area contributed by atoms with Crippen LogP contribution in [0.2, 0.25) is 0 Å². The third kappa shape index (κ3) is 3.04. The highest BCUT2D eigenvalue weighted by molar-refractivity contribution is 6.02. The van der Waals surface area contributed by atoms with Gasteiger partial charge in [-0.3, -0.25) is 9.59 Å². The van der Waals surface area contributed by atoms with E-state index >= 15 is 0 Å². The van der Waals surface area contributed by atoms with Crippen molar-refractivity contribution in [3.63, 3.8) is 0 Å². The van der Waals surface area contributed by atoms with Gasteiger partial charge in [-0.15, -0.1) is 0 Å². The highest BCUT2D eigenvalue weighted by Gasteiger charge is 2.53. The van der Waals surface area contributed by atoms with Gasteiger partial charge in [-0.25, -0.2) is 0 Å². The maximum Gasteiger partial charge on any atom is 0.324 e. The Labute approximate surface area is 147 Å². The maximum absolute atomic E-state index is 12.7. The van der Waals surface area contributed by atoms with Crippen LogP contribution in [0.1, 0.15) is 25.0 Å². The van der Waals surface area contributed by atoms with Crippen molar-refractivity contribution in [1.82, 2.24) is 0 Å². The Hall–Kier alpha value is -2.62. The average Bonchev–Trinajstić information content (AvgIpc) is 3.04. The van der Waals surface area contributed by atoms with Gasteiger partial charge in [0.15, 0.2) is 5.41 Å². The van der Waals surface area contributed by atoms with E-state index in [9.17, 15) is 9.59 Å². The summed E-state index contributed by atoms with van der Waals surface area (Å²) in [4.78, 5) is 25.4. The number of hydrogen-bond donors (Lipinski definition) is 0. The molecule has 0 aromatic heterocycles. The third-order valence-electron chi connectivity index (χ3n) is 4.66. The molecule has 0 spiro atoms. The van der Waals surface area contributed by atoms with Crippen LogP contribution >= 0.6 is 0 Å². The van der Waals surface area contributed by atoms with E-state index in [4.69, 9.17) is 9.47 Å². The molecule has 0 saturated carbocycles. The summed E-state index contributed by atoms with van der Waals surface area (Å²) in [6, 6.07) is 16.0. The van der Waals surface area contributed by atoms with Crippen LogP contribution in [0.3, 0.4) is 0 Å². The molecule has 0 atom stereocenters. The summed E-state index contributed by atoms with van der Waals surface area (Å²) in [5.41, 5.74) is 2.87. The van der Waals surface area contributed by atoms with E-state index in [2.05, 4.69) is 0 Å². The molecule has 0 aliphatic heterocycles. The number of hydrogen-bond acceptors (Lipinski definition) is 4. The van der Waals surface area contributed by atoms with Gasteiger partial charge in [0.25, 0.3) is 0 Å². The van der Waals surface area contributed by atoms with Gasteiger partial charge in [-0.2, -0.15) is 0 Å². The Balaban J connectivity index is 2.05. The average molecular weight is 338 g/mol. The summed E-state index contributed by atoms with van der Waals surface area (Å²) in [5, 5.41) is 0. The lowest BCUT2D eigenvalue weighted by atomic mass is 9.84. The Kier molecular flexibility index (Phi) is 4.88. The lowest BCUT2D eigenvalue weighted by Crippen LogP contribution is -2.43. The van der Waals surface area contributed by atoms with E-state index in [0.29, 0.717) is 12.8 Å². The standard InChI is InChI=1S/C21H22O4/c1-3-24-19(22)21(20(23)25-4-2)13-16-11-8-12-17(18(16)14-21)15-9-6-5-7-10-15/h5-12H,3-4,13-14H2,1-2H3. The molecule has 3 rings (SSSR count). The fourth-order valence-electron chi connectivity index (χ4n) is 3.50. The van der Waals surface area contributed by atoms with Gasteiger partial charge in [0, 0.05) is 6.42 Å². The highest BCUT2D eigenvalue weighted by Crippen LogP contribution is 2.43. The number of ether oxygens (including phenoxy) is 2. The quantitative estimate of drug-likeness (QED) is 0.618. The molecule has 25 heavy (non-hydrogen) atoms. The van der Waals surface area contributed by atoms with Gasteiger partial charge in [-0.1, -0.05) is 48.5 Å². The molecule has 0 N–H and O–H groups in total. The van der Waals surface area contributed by atoms with E-state index in [1.54, 1.807) is 13.8 Å². The molecule has 0 fully saturated rings. The van der Waals surface area contributed by atoms with Gasteiger partial charge in [-0.05, 0) is 42.5 Å². The number of carbonyl (C=O) groups excluding carboxylic acids is 2. The number of rotatable bonds is 5. The minimum Gasteiger partial charge on any atom is -0.465 e. The van der Waals surface area contributed by atoms with Gasteiger partial charge in [0.1, 0.15) is 0 Å². The Bertz CT molecular complexity index is 762. The molecule has 0 amide bonds. The molecule has 1 aliphatic carbocycles. The normalized spacial score (nSPS) is 14.6. The predicted molar refractivity (Wildman–Crippen MR) is 95.0 cm³/mol. The number of benzene rings is 2. The molecule has 0 heterocycles. The first-order valence-electron chi connectivity index (χ1n) is 8.63. The Morgan fingerprint density at radius 2 is 1.52 bits per heavy atom. The number of fused-ring (bicyclic) bond motifs is 1. The van der Waals surface area contributed by atoms with Crippen molar-refractivity contribution in [3.05, 3.63) is 59.7 Å². The van der Waals surface area contributed by atoms with Crippen LogP contribution in [0.4, 0.5) is 0 Å². The molecule has 4 heteroatoms. The van der Waals surface area contributed by atoms with Crippen molar-refractivity contribution in [2.24, 2.45) is 5.41 Å². The first-order chi connectivity index (χ1) is 12.1. The van der Waals surface area contributed by atoms with Crippen LogP contribution in [-0.4, -0.2) is 25.2 Å². The topological polar surface area (TPSA) is 52.6 Å². The summed E-state index contributed by atoms with van der Waals surface area (Å²) in [6.07, 6.45) is 0.631. The molecule has 2 aromatic carbocycles. The molecule has 130 valence electrons. The molecule has 4 nitrogen and oxygen atoms in total. The fourth-order valence-corrected chi connectivity index (χ4v) is 3.50. The second-order valence-electron chi connectivity index (χ2n) is 6.19. The summed E-state index contributed by atoms with van der Waals surface area (Å²) < 4.78 is 10.5. The van der Waals surface area contributed by atoms with Crippen molar-refractivity contribution in [2.45, 2.75) is 26.7 Å². The lowest BCUT2D eigenvalue weighted by Gasteiger charge is -2.24. The molecule has 2 aromatic rings. The first-order valence-corrected chi connectivity index (χ1v) is 8.63. The number of carbonyl (C=O) groups is 2. The fraction of sp³-hybridized carbons (Fsp3) is 0.333. The van der Waals surface area contributed by atoms with Crippen molar-refractivity contribution >= 4 is 11.9 Å². The van der Waals surface area contributed by atoms with Crippen LogP contribution in [0.25, 0.3) is 11.1 Å². The van der Waals surface area contributed by atoms with Crippen LogP contribution in [-0.2, 0) is 31.9 Å². The highest BCUT2D eigenvalue weighted by atomic mass is 16.6. The second kappa shape index (κ2) is 7.09. The second-order valence-corrected chi connectivity index (χ2v) is 6.19. The molecule has 0 unspecified atom stereocenters. The van der Waals surface area contributed by atoms with Gasteiger partial charge in [0.2, 0.25) is 0 Å². The lowest BCUT2D eigenvalue weighted by molar-refractivity contribution is -0.171. The third-order valence-corrected chi connectivity index (χ3v) is 4.66. The summed E-state index contributed by atoms with van der Waals surface area (Å²) in [7, 11) is 0. The largest absolute Gasteiger partial charge is 0.465 e. The van der Waals surface area contributed by atoms with E-state index in [-0.39, 0.29) is 13.2 Å². The molecular weight excluding hydrogens is 316 g/mol. The van der Waals surface area contributed by atoms with Crippen LogP contribution < -0.4 is 0 Å². The predicted octanol–water partition coefficient (Wildman–Crippen LogP) is 3.56. The molecule has 0 radical (unpaired) electrons. The SMILES string of the molecule is CCOC(=O)C1(C(=O)OCC)Cc2cccc(-c3ccccc3)c2C1. The van der Waals surface area contributed by atoms with Crippen molar-refractivity contribution in [1.29, 1.82) is 0 Å². The van der Waals surface area contributed by atoms with Gasteiger partial charge < -0.3 is 9.47 Å². The van der Waals surface area contributed by atoms with E-state index in [1.807, 2.05) is 48.5 Å². The Morgan fingerprint density at radius 3 is 2.12 bits per heavy atom. The molecule has 0 saturated heterocycles. The number of esters is 2. The molecule has 0 bridgehead atoms. The van der Waals surface area contributed by atoms with Crippen molar-refractivity contribution in [2.75, 3.05) is 13.2 Å². The summed E-state index contributed by atoms with van der Waals surface area (Å²) >= 11 is 0. The first kappa shape index (κ1) is 17.2. The van der Waals surface area contributed by atoms with Crippen LogP contribution in [0.5, 0.6) is 0 Å². The van der Waals surface area contributed by atoms with Crippen LogP contribution in [0.15, 0.2) is 48.5 Å². The van der Waals surface area contributed by atoms with E-state index < -0.39 is 17.4 Å². The van der Waals surface area contributed by atoms with Crippen LogP contribution in [0, 0.1) is 5.41 Å². The van der Waals surface area contributed by atoms with E-state index in [0.717, 1.165) is 22.3 Å². The zero-order valence-corrected chi connectivity index (χ0v) is 14.6.